The second kappa shape index (κ2) is 6.70. The minimum absolute atomic E-state index is 0.329. The van der Waals surface area contributed by atoms with Crippen molar-refractivity contribution in [3.63, 3.8) is 0 Å². The monoisotopic (exact) mass is 276 g/mol. The Kier molecular flexibility index (Phi) is 4.95. The van der Waals surface area contributed by atoms with Gasteiger partial charge in [0.25, 0.3) is 5.91 Å². The first-order valence-corrected chi connectivity index (χ1v) is 7.31. The Hall–Kier alpha value is -1.62. The first-order chi connectivity index (χ1) is 9.58. The first kappa shape index (κ1) is 14.8. The molecular weight excluding hydrogens is 252 g/mol. The summed E-state index contributed by atoms with van der Waals surface area (Å²) in [5, 5.41) is 3.45. The number of nitrogens with zero attached hydrogens (tertiary/aromatic N) is 2. The Morgan fingerprint density at radius 1 is 1.60 bits per heavy atom. The maximum Gasteiger partial charge on any atom is 0.267 e. The maximum absolute atomic E-state index is 11.3. The second-order valence-corrected chi connectivity index (χ2v) is 5.72. The van der Waals surface area contributed by atoms with Gasteiger partial charge in [-0.15, -0.1) is 0 Å². The summed E-state index contributed by atoms with van der Waals surface area (Å²) in [4.78, 5) is 17.6. The lowest BCUT2D eigenvalue weighted by Gasteiger charge is -2.34. The van der Waals surface area contributed by atoms with Crippen LogP contribution < -0.4 is 16.0 Å². The molecule has 2 heterocycles. The number of hydrogen-bond donors (Lipinski definition) is 2. The topological polar surface area (TPSA) is 71.2 Å². The molecule has 20 heavy (non-hydrogen) atoms. The molecule has 1 aromatic rings. The summed E-state index contributed by atoms with van der Waals surface area (Å²) in [7, 11) is 0. The SMILES string of the molecule is CC(C)N(CC1CCCNC1)c1ccnc(C(N)=O)c1. The number of anilines is 1. The molecule has 5 heteroatoms. The van der Waals surface area contributed by atoms with Crippen molar-refractivity contribution in [2.75, 3.05) is 24.5 Å². The largest absolute Gasteiger partial charge is 0.369 e. The number of pyridine rings is 1. The van der Waals surface area contributed by atoms with Gasteiger partial charge in [0, 0.05) is 24.5 Å². The highest BCUT2D eigenvalue weighted by Crippen LogP contribution is 2.21. The minimum atomic E-state index is -0.477. The van der Waals surface area contributed by atoms with Crippen molar-refractivity contribution in [1.82, 2.24) is 10.3 Å². The second-order valence-electron chi connectivity index (χ2n) is 5.72. The fraction of sp³-hybridized carbons (Fsp3) is 0.600. The fourth-order valence-electron chi connectivity index (χ4n) is 2.71. The summed E-state index contributed by atoms with van der Waals surface area (Å²) in [6.45, 7) is 7.52. The highest BCUT2D eigenvalue weighted by atomic mass is 16.1. The smallest absolute Gasteiger partial charge is 0.267 e. The summed E-state index contributed by atoms with van der Waals surface area (Å²) in [6, 6.07) is 4.11. The molecule has 1 atom stereocenters. The molecule has 5 nitrogen and oxygen atoms in total. The number of nitrogens with one attached hydrogen (secondary N) is 1. The average Bonchev–Trinajstić information content (AvgIpc) is 2.45. The van der Waals surface area contributed by atoms with E-state index in [0.717, 1.165) is 25.3 Å². The van der Waals surface area contributed by atoms with E-state index >= 15 is 0 Å². The zero-order valence-electron chi connectivity index (χ0n) is 12.3. The van der Waals surface area contributed by atoms with Crippen molar-refractivity contribution in [2.24, 2.45) is 11.7 Å². The molecule has 1 amide bonds. The highest BCUT2D eigenvalue weighted by molar-refractivity contribution is 5.91. The van der Waals surface area contributed by atoms with Gasteiger partial charge in [-0.2, -0.15) is 0 Å². The summed E-state index contributed by atoms with van der Waals surface area (Å²) in [5.41, 5.74) is 6.66. The molecule has 0 bridgehead atoms. The molecule has 2 rings (SSSR count). The zero-order chi connectivity index (χ0) is 14.5. The summed E-state index contributed by atoms with van der Waals surface area (Å²) in [6.07, 6.45) is 4.15. The standard InChI is InChI=1S/C15H24N4O/c1-11(2)19(10-12-4-3-6-17-9-12)13-5-7-18-14(8-13)15(16)20/h5,7-8,11-12,17H,3-4,6,9-10H2,1-2H3,(H2,16,20). The Morgan fingerprint density at radius 3 is 3.00 bits per heavy atom. The van der Waals surface area contributed by atoms with Crippen LogP contribution in [-0.2, 0) is 0 Å². The van der Waals surface area contributed by atoms with E-state index in [0.29, 0.717) is 17.7 Å². The number of aromatic nitrogens is 1. The third-order valence-corrected chi connectivity index (χ3v) is 3.80. The lowest BCUT2D eigenvalue weighted by atomic mass is 9.98. The van der Waals surface area contributed by atoms with Crippen LogP contribution in [0, 0.1) is 5.92 Å². The molecular formula is C15H24N4O. The van der Waals surface area contributed by atoms with Crippen molar-refractivity contribution in [3.8, 4) is 0 Å². The van der Waals surface area contributed by atoms with Crippen LogP contribution in [0.15, 0.2) is 18.3 Å². The van der Waals surface area contributed by atoms with Crippen molar-refractivity contribution in [1.29, 1.82) is 0 Å². The molecule has 0 radical (unpaired) electrons. The Bertz CT molecular complexity index is 455. The third-order valence-electron chi connectivity index (χ3n) is 3.80. The van der Waals surface area contributed by atoms with Crippen LogP contribution in [0.1, 0.15) is 37.2 Å². The van der Waals surface area contributed by atoms with Gasteiger partial charge >= 0.3 is 0 Å². The first-order valence-electron chi connectivity index (χ1n) is 7.31. The Balaban J connectivity index is 2.15. The highest BCUT2D eigenvalue weighted by Gasteiger charge is 2.20. The number of carbonyl (C=O) groups is 1. The molecule has 1 aliphatic rings. The van der Waals surface area contributed by atoms with Gasteiger partial charge in [-0.05, 0) is 57.8 Å². The number of carbonyl (C=O) groups excluding carboxylic acids is 1. The van der Waals surface area contributed by atoms with Gasteiger partial charge in [-0.1, -0.05) is 0 Å². The number of piperidine rings is 1. The van der Waals surface area contributed by atoms with Crippen molar-refractivity contribution < 1.29 is 4.79 Å². The average molecular weight is 276 g/mol. The molecule has 3 N–H and O–H groups in total. The molecule has 1 aliphatic heterocycles. The third kappa shape index (κ3) is 3.70. The van der Waals surface area contributed by atoms with E-state index in [4.69, 9.17) is 5.73 Å². The van der Waals surface area contributed by atoms with Gasteiger partial charge in [0.2, 0.25) is 0 Å². The van der Waals surface area contributed by atoms with Crippen molar-refractivity contribution in [2.45, 2.75) is 32.7 Å². The normalized spacial score (nSPS) is 19.1. The van der Waals surface area contributed by atoms with Crippen LogP contribution in [0.4, 0.5) is 5.69 Å². The van der Waals surface area contributed by atoms with E-state index in [1.165, 1.54) is 12.8 Å². The van der Waals surface area contributed by atoms with Crippen molar-refractivity contribution in [3.05, 3.63) is 24.0 Å². The molecule has 0 aromatic carbocycles. The van der Waals surface area contributed by atoms with Crippen LogP contribution in [0.25, 0.3) is 0 Å². The summed E-state index contributed by atoms with van der Waals surface area (Å²) < 4.78 is 0. The molecule has 1 aromatic heterocycles. The molecule has 0 spiro atoms. The molecule has 1 saturated heterocycles. The van der Waals surface area contributed by atoms with Gasteiger partial charge in [0.1, 0.15) is 5.69 Å². The zero-order valence-corrected chi connectivity index (χ0v) is 12.3. The maximum atomic E-state index is 11.3. The predicted molar refractivity (Wildman–Crippen MR) is 80.8 cm³/mol. The number of primary amides is 1. The quantitative estimate of drug-likeness (QED) is 0.852. The summed E-state index contributed by atoms with van der Waals surface area (Å²) >= 11 is 0. The van der Waals surface area contributed by atoms with Gasteiger partial charge in [-0.3, -0.25) is 9.78 Å². The lowest BCUT2D eigenvalue weighted by molar-refractivity contribution is 0.0995. The Morgan fingerprint density at radius 2 is 2.40 bits per heavy atom. The van der Waals surface area contributed by atoms with Gasteiger partial charge in [0.05, 0.1) is 0 Å². The van der Waals surface area contributed by atoms with Crippen LogP contribution in [-0.4, -0.2) is 36.6 Å². The van der Waals surface area contributed by atoms with E-state index in [9.17, 15) is 4.79 Å². The molecule has 110 valence electrons. The van der Waals surface area contributed by atoms with Crippen molar-refractivity contribution >= 4 is 11.6 Å². The molecule has 0 aliphatic carbocycles. The predicted octanol–water partition coefficient (Wildman–Crippen LogP) is 1.39. The lowest BCUT2D eigenvalue weighted by Crippen LogP contribution is -2.41. The van der Waals surface area contributed by atoms with E-state index in [2.05, 4.69) is 29.0 Å². The summed E-state index contributed by atoms with van der Waals surface area (Å²) in [5.74, 6) is 0.172. The van der Waals surface area contributed by atoms with E-state index in [1.807, 2.05) is 6.07 Å². The number of amides is 1. The van der Waals surface area contributed by atoms with Gasteiger partial charge in [0.15, 0.2) is 0 Å². The van der Waals surface area contributed by atoms with Crippen LogP contribution in [0.3, 0.4) is 0 Å². The molecule has 1 unspecified atom stereocenters. The molecule has 0 saturated carbocycles. The minimum Gasteiger partial charge on any atom is -0.369 e. The van der Waals surface area contributed by atoms with E-state index in [1.54, 1.807) is 12.3 Å². The van der Waals surface area contributed by atoms with Crippen LogP contribution in [0.2, 0.25) is 0 Å². The van der Waals surface area contributed by atoms with E-state index in [-0.39, 0.29) is 0 Å². The number of nitrogens with two attached hydrogens (primary N) is 1. The van der Waals surface area contributed by atoms with Crippen LogP contribution in [0.5, 0.6) is 0 Å². The molecule has 1 fully saturated rings. The van der Waals surface area contributed by atoms with Crippen LogP contribution >= 0.6 is 0 Å². The number of hydrogen-bond acceptors (Lipinski definition) is 4. The van der Waals surface area contributed by atoms with Gasteiger partial charge < -0.3 is 16.0 Å². The van der Waals surface area contributed by atoms with E-state index < -0.39 is 5.91 Å². The number of rotatable bonds is 5. The van der Waals surface area contributed by atoms with Gasteiger partial charge in [-0.25, -0.2) is 0 Å². The fourth-order valence-corrected chi connectivity index (χ4v) is 2.71. The Labute approximate surface area is 120 Å².